The van der Waals surface area contributed by atoms with Crippen LogP contribution in [0.3, 0.4) is 0 Å². The summed E-state index contributed by atoms with van der Waals surface area (Å²) in [7, 11) is -4.05. The zero-order valence-electron chi connectivity index (χ0n) is 21.9. The second-order valence-corrected chi connectivity index (χ2v) is 12.4. The molecule has 3 atom stereocenters. The summed E-state index contributed by atoms with van der Waals surface area (Å²) in [4.78, 5) is 52.8. The van der Waals surface area contributed by atoms with Crippen molar-refractivity contribution >= 4 is 33.9 Å². The Hall–Kier alpha value is -3.19. The maximum absolute atomic E-state index is 13.4. The van der Waals surface area contributed by atoms with E-state index < -0.39 is 63.8 Å². The van der Waals surface area contributed by atoms with Gasteiger partial charge in [0.05, 0.1) is 18.2 Å². The number of nitrogens with one attached hydrogen (secondary N) is 2. The number of hydrogen-bond acceptors (Lipinski definition) is 7. The Labute approximate surface area is 222 Å². The lowest BCUT2D eigenvalue weighted by Gasteiger charge is -2.28. The molecule has 0 saturated carbocycles. The van der Waals surface area contributed by atoms with Gasteiger partial charge in [0.1, 0.15) is 17.7 Å². The van der Waals surface area contributed by atoms with Crippen molar-refractivity contribution in [1.82, 2.24) is 19.8 Å². The number of sulfonamides is 1. The first kappa shape index (κ1) is 29.4. The minimum atomic E-state index is -4.05. The Bertz CT molecular complexity index is 1140. The zero-order chi connectivity index (χ0) is 28.1. The minimum Gasteiger partial charge on any atom is -0.480 e. The van der Waals surface area contributed by atoms with Crippen LogP contribution in [-0.4, -0.2) is 90.6 Å². The van der Waals surface area contributed by atoms with E-state index in [4.69, 9.17) is 4.74 Å². The van der Waals surface area contributed by atoms with Crippen LogP contribution in [0.4, 0.5) is 4.79 Å². The SMILES string of the molecule is CC(C)(C)OC(=O)N[C@H]1CCN(C(=O)C[C@@H](NS(=O)(=O)Cc2ccccc2)C(=O)N2CCC[C@H]2C(=O)O)C1. The third-order valence-electron chi connectivity index (χ3n) is 6.28. The molecule has 0 aromatic heterocycles. The first-order valence-electron chi connectivity index (χ1n) is 12.6. The molecule has 3 amide bonds. The van der Waals surface area contributed by atoms with Gasteiger partial charge in [-0.05, 0) is 45.6 Å². The number of carbonyl (C=O) groups is 4. The highest BCUT2D eigenvalue weighted by atomic mass is 32.2. The van der Waals surface area contributed by atoms with Gasteiger partial charge in [-0.1, -0.05) is 30.3 Å². The van der Waals surface area contributed by atoms with Gasteiger partial charge in [-0.2, -0.15) is 0 Å². The molecule has 12 nitrogen and oxygen atoms in total. The van der Waals surface area contributed by atoms with Crippen LogP contribution in [0.15, 0.2) is 30.3 Å². The molecule has 2 saturated heterocycles. The van der Waals surface area contributed by atoms with E-state index in [1.54, 1.807) is 51.1 Å². The van der Waals surface area contributed by atoms with Crippen LogP contribution in [0.25, 0.3) is 0 Å². The van der Waals surface area contributed by atoms with E-state index in [0.717, 1.165) is 4.90 Å². The van der Waals surface area contributed by atoms with E-state index in [2.05, 4.69) is 10.0 Å². The number of carbonyl (C=O) groups excluding carboxylic acids is 3. The largest absolute Gasteiger partial charge is 0.480 e. The highest BCUT2D eigenvalue weighted by Gasteiger charge is 2.40. The van der Waals surface area contributed by atoms with Crippen molar-refractivity contribution in [2.45, 2.75) is 75.9 Å². The number of nitrogens with zero attached hydrogens (tertiary/aromatic N) is 2. The molecule has 0 bridgehead atoms. The quantitative estimate of drug-likeness (QED) is 0.410. The first-order chi connectivity index (χ1) is 17.7. The Balaban J connectivity index is 1.71. The summed E-state index contributed by atoms with van der Waals surface area (Å²) in [6.07, 6.45) is 0.102. The minimum absolute atomic E-state index is 0.159. The lowest BCUT2D eigenvalue weighted by atomic mass is 10.1. The Morgan fingerprint density at radius 3 is 2.42 bits per heavy atom. The van der Waals surface area contributed by atoms with Gasteiger partial charge in [0.25, 0.3) is 0 Å². The number of likely N-dealkylation sites (tertiary alicyclic amines) is 2. The molecule has 0 spiro atoms. The molecule has 0 unspecified atom stereocenters. The van der Waals surface area contributed by atoms with Crippen molar-refractivity contribution in [2.75, 3.05) is 19.6 Å². The molecule has 3 rings (SSSR count). The molecule has 38 heavy (non-hydrogen) atoms. The Morgan fingerprint density at radius 2 is 1.79 bits per heavy atom. The number of amides is 3. The highest BCUT2D eigenvalue weighted by molar-refractivity contribution is 7.88. The topological polar surface area (TPSA) is 162 Å². The average Bonchev–Trinajstić information content (AvgIpc) is 3.47. The van der Waals surface area contributed by atoms with Crippen molar-refractivity contribution in [2.24, 2.45) is 0 Å². The van der Waals surface area contributed by atoms with Gasteiger partial charge in [0.2, 0.25) is 21.8 Å². The number of carboxylic acid groups (broad SMARTS) is 1. The van der Waals surface area contributed by atoms with Gasteiger partial charge < -0.3 is 25.0 Å². The van der Waals surface area contributed by atoms with Crippen LogP contribution >= 0.6 is 0 Å². The van der Waals surface area contributed by atoms with Crippen LogP contribution in [0.5, 0.6) is 0 Å². The van der Waals surface area contributed by atoms with Crippen molar-refractivity contribution in [3.8, 4) is 0 Å². The predicted octanol–water partition coefficient (Wildman–Crippen LogP) is 1.07. The molecule has 1 aromatic rings. The molecule has 0 aliphatic carbocycles. The molecule has 3 N–H and O–H groups in total. The van der Waals surface area contributed by atoms with Crippen molar-refractivity contribution in [1.29, 1.82) is 0 Å². The van der Waals surface area contributed by atoms with Crippen LogP contribution in [0, 0.1) is 0 Å². The fourth-order valence-corrected chi connectivity index (χ4v) is 5.93. The van der Waals surface area contributed by atoms with Crippen molar-refractivity contribution in [3.63, 3.8) is 0 Å². The Kier molecular flexibility index (Phi) is 9.36. The average molecular weight is 553 g/mol. The molecule has 2 aliphatic rings. The fourth-order valence-electron chi connectivity index (χ4n) is 4.60. The fraction of sp³-hybridized carbons (Fsp3) is 0.600. The zero-order valence-corrected chi connectivity index (χ0v) is 22.7. The van der Waals surface area contributed by atoms with Crippen LogP contribution < -0.4 is 10.0 Å². The lowest BCUT2D eigenvalue weighted by Crippen LogP contribution is -2.53. The van der Waals surface area contributed by atoms with E-state index >= 15 is 0 Å². The van der Waals surface area contributed by atoms with E-state index in [-0.39, 0.29) is 25.6 Å². The number of benzene rings is 1. The molecule has 210 valence electrons. The standard InChI is InChI=1S/C25H36N4O8S/c1-25(2,3)37-24(34)26-18-11-13-28(15-18)21(30)14-19(22(31)29-12-7-10-20(29)23(32)33)27-38(35,36)16-17-8-5-4-6-9-17/h4-6,8-9,18-20,27H,7,10-16H2,1-3H3,(H,26,34)(H,32,33)/t18-,19+,20-/m0/s1. The molecular formula is C25H36N4O8S. The maximum Gasteiger partial charge on any atom is 0.407 e. The van der Waals surface area contributed by atoms with Gasteiger partial charge in [0.15, 0.2) is 0 Å². The molecule has 2 aliphatic heterocycles. The summed E-state index contributed by atoms with van der Waals surface area (Å²) in [5.74, 6) is -2.81. The number of rotatable bonds is 9. The molecule has 2 heterocycles. The van der Waals surface area contributed by atoms with E-state index in [1.807, 2.05) is 0 Å². The van der Waals surface area contributed by atoms with Crippen molar-refractivity contribution in [3.05, 3.63) is 35.9 Å². The second kappa shape index (κ2) is 12.1. The van der Waals surface area contributed by atoms with Gasteiger partial charge >= 0.3 is 12.1 Å². The summed E-state index contributed by atoms with van der Waals surface area (Å²) < 4.78 is 33.5. The summed E-state index contributed by atoms with van der Waals surface area (Å²) in [5.41, 5.74) is -0.177. The highest BCUT2D eigenvalue weighted by Crippen LogP contribution is 2.21. The van der Waals surface area contributed by atoms with E-state index in [0.29, 0.717) is 24.9 Å². The molecule has 0 radical (unpaired) electrons. The predicted molar refractivity (Wildman–Crippen MR) is 137 cm³/mol. The van der Waals surface area contributed by atoms with Gasteiger partial charge in [-0.15, -0.1) is 0 Å². The van der Waals surface area contributed by atoms with Crippen molar-refractivity contribution < 1.29 is 37.4 Å². The Morgan fingerprint density at radius 1 is 1.11 bits per heavy atom. The van der Waals surface area contributed by atoms with Crippen LogP contribution in [0.1, 0.15) is 52.0 Å². The van der Waals surface area contributed by atoms with Gasteiger partial charge in [0, 0.05) is 19.6 Å². The second-order valence-electron chi connectivity index (χ2n) is 10.6. The van der Waals surface area contributed by atoms with Gasteiger partial charge in [-0.25, -0.2) is 22.7 Å². The molecular weight excluding hydrogens is 516 g/mol. The summed E-state index contributed by atoms with van der Waals surface area (Å²) in [5, 5.41) is 12.2. The number of alkyl carbamates (subject to hydrolysis) is 1. The lowest BCUT2D eigenvalue weighted by molar-refractivity contribution is -0.149. The van der Waals surface area contributed by atoms with Gasteiger partial charge in [-0.3, -0.25) is 9.59 Å². The third kappa shape index (κ3) is 8.42. The number of ether oxygens (including phenoxy) is 1. The number of hydrogen-bond donors (Lipinski definition) is 3. The summed E-state index contributed by atoms with van der Waals surface area (Å²) in [6.45, 7) is 5.86. The monoisotopic (exact) mass is 552 g/mol. The maximum atomic E-state index is 13.4. The van der Waals surface area contributed by atoms with E-state index in [1.165, 1.54) is 4.90 Å². The normalized spacial score (nSPS) is 20.7. The molecule has 2 fully saturated rings. The summed E-state index contributed by atoms with van der Waals surface area (Å²) in [6, 6.07) is 5.49. The van der Waals surface area contributed by atoms with E-state index in [9.17, 15) is 32.7 Å². The summed E-state index contributed by atoms with van der Waals surface area (Å²) >= 11 is 0. The molecule has 13 heteroatoms. The number of aliphatic carboxylic acids is 1. The number of carboxylic acids is 1. The first-order valence-corrected chi connectivity index (χ1v) is 14.2. The van der Waals surface area contributed by atoms with Crippen LogP contribution in [0.2, 0.25) is 0 Å². The smallest absolute Gasteiger partial charge is 0.407 e. The molecule has 1 aromatic carbocycles. The third-order valence-corrected chi connectivity index (χ3v) is 7.64. The van der Waals surface area contributed by atoms with Crippen LogP contribution in [-0.2, 0) is 34.9 Å².